The average molecular weight is 276 g/mol. The highest BCUT2D eigenvalue weighted by Gasteiger charge is 2.13. The van der Waals surface area contributed by atoms with E-state index >= 15 is 0 Å². The van der Waals surface area contributed by atoms with Crippen molar-refractivity contribution < 1.29 is 8.42 Å². The van der Waals surface area contributed by atoms with E-state index in [0.717, 1.165) is 0 Å². The van der Waals surface area contributed by atoms with Crippen LogP contribution >= 0.6 is 11.6 Å². The maximum Gasteiger partial charge on any atom is 0.155 e. The number of hydrogen-bond acceptors (Lipinski definition) is 3. The lowest BCUT2D eigenvalue weighted by molar-refractivity contribution is 0.577. The van der Waals surface area contributed by atoms with E-state index in [2.05, 4.69) is 5.32 Å². The Balaban J connectivity index is 2.58. The number of benzene rings is 1. The summed E-state index contributed by atoms with van der Waals surface area (Å²) in [6, 6.07) is 7.33. The Morgan fingerprint density at radius 2 is 1.94 bits per heavy atom. The van der Waals surface area contributed by atoms with Gasteiger partial charge in [0.2, 0.25) is 0 Å². The van der Waals surface area contributed by atoms with Gasteiger partial charge in [-0.1, -0.05) is 43.6 Å². The predicted molar refractivity (Wildman–Crippen MR) is 72.1 cm³/mol. The van der Waals surface area contributed by atoms with Gasteiger partial charge in [-0.2, -0.15) is 0 Å². The monoisotopic (exact) mass is 275 g/mol. The number of sulfone groups is 1. The molecule has 0 unspecified atom stereocenters. The third-order valence-electron chi connectivity index (χ3n) is 2.30. The first-order chi connectivity index (χ1) is 7.91. The quantitative estimate of drug-likeness (QED) is 0.866. The molecule has 0 spiro atoms. The van der Waals surface area contributed by atoms with Gasteiger partial charge in [-0.3, -0.25) is 0 Å². The maximum atomic E-state index is 11.8. The molecule has 0 radical (unpaired) electrons. The molecule has 3 nitrogen and oxygen atoms in total. The van der Waals surface area contributed by atoms with Gasteiger partial charge in [-0.15, -0.1) is 0 Å². The standard InChI is InChI=1S/C12H18ClNO2S/c1-10(2)14-7-8-17(15,16)9-11-5-3-4-6-12(11)13/h3-6,10,14H,7-9H2,1-2H3. The third kappa shape index (κ3) is 5.52. The highest BCUT2D eigenvalue weighted by Crippen LogP contribution is 2.17. The van der Waals surface area contributed by atoms with Gasteiger partial charge in [-0.25, -0.2) is 8.42 Å². The SMILES string of the molecule is CC(C)NCCS(=O)(=O)Cc1ccccc1Cl. The molecule has 0 aliphatic carbocycles. The maximum absolute atomic E-state index is 11.8. The minimum Gasteiger partial charge on any atom is -0.314 e. The van der Waals surface area contributed by atoms with Crippen molar-refractivity contribution in [3.05, 3.63) is 34.9 Å². The van der Waals surface area contributed by atoms with Gasteiger partial charge in [0.1, 0.15) is 0 Å². The van der Waals surface area contributed by atoms with Gasteiger partial charge >= 0.3 is 0 Å². The van der Waals surface area contributed by atoms with Crippen LogP contribution in [0.15, 0.2) is 24.3 Å². The van der Waals surface area contributed by atoms with Gasteiger partial charge < -0.3 is 5.32 Å². The van der Waals surface area contributed by atoms with E-state index in [1.54, 1.807) is 24.3 Å². The topological polar surface area (TPSA) is 46.2 Å². The van der Waals surface area contributed by atoms with Crippen LogP contribution in [0.4, 0.5) is 0 Å². The van der Waals surface area contributed by atoms with E-state index in [4.69, 9.17) is 11.6 Å². The molecule has 0 atom stereocenters. The summed E-state index contributed by atoms with van der Waals surface area (Å²) in [5.74, 6) is 0.142. The van der Waals surface area contributed by atoms with E-state index in [0.29, 0.717) is 23.2 Å². The van der Waals surface area contributed by atoms with E-state index in [1.807, 2.05) is 13.8 Å². The molecule has 0 aliphatic heterocycles. The average Bonchev–Trinajstić information content (AvgIpc) is 2.20. The molecule has 0 aromatic heterocycles. The highest BCUT2D eigenvalue weighted by molar-refractivity contribution is 7.90. The summed E-state index contributed by atoms with van der Waals surface area (Å²) in [4.78, 5) is 0. The molecule has 1 aromatic rings. The Kier molecular flexibility index (Phi) is 5.43. The van der Waals surface area contributed by atoms with Gasteiger partial charge in [0.25, 0.3) is 0 Å². The van der Waals surface area contributed by atoms with Crippen molar-refractivity contribution in [3.63, 3.8) is 0 Å². The molecule has 0 heterocycles. The fraction of sp³-hybridized carbons (Fsp3) is 0.500. The van der Waals surface area contributed by atoms with E-state index < -0.39 is 9.84 Å². The number of nitrogens with one attached hydrogen (secondary N) is 1. The number of rotatable bonds is 6. The molecule has 5 heteroatoms. The summed E-state index contributed by atoms with van der Waals surface area (Å²) < 4.78 is 23.7. The Labute approximate surface area is 108 Å². The van der Waals surface area contributed by atoms with Crippen molar-refractivity contribution >= 4 is 21.4 Å². The summed E-state index contributed by atoms with van der Waals surface area (Å²) >= 11 is 5.93. The smallest absolute Gasteiger partial charge is 0.155 e. The predicted octanol–water partition coefficient (Wildman–Crippen LogP) is 2.25. The zero-order chi connectivity index (χ0) is 12.9. The lowest BCUT2D eigenvalue weighted by Gasteiger charge is -2.09. The van der Waals surface area contributed by atoms with Crippen LogP contribution in [0.25, 0.3) is 0 Å². The minimum atomic E-state index is -3.10. The van der Waals surface area contributed by atoms with Crippen LogP contribution in [-0.4, -0.2) is 26.8 Å². The summed E-state index contributed by atoms with van der Waals surface area (Å²) in [5.41, 5.74) is 0.665. The van der Waals surface area contributed by atoms with Gasteiger partial charge in [0, 0.05) is 17.6 Å². The second-order valence-electron chi connectivity index (χ2n) is 4.29. The molecular formula is C12H18ClNO2S. The molecule has 96 valence electrons. The number of halogens is 1. The Morgan fingerprint density at radius 3 is 2.53 bits per heavy atom. The van der Waals surface area contributed by atoms with Crippen LogP contribution in [0.1, 0.15) is 19.4 Å². The van der Waals surface area contributed by atoms with Gasteiger partial charge in [0.15, 0.2) is 9.84 Å². The molecule has 0 saturated heterocycles. The normalized spacial score (nSPS) is 12.0. The van der Waals surface area contributed by atoms with Crippen molar-refractivity contribution in [2.24, 2.45) is 0 Å². The lowest BCUT2D eigenvalue weighted by Crippen LogP contribution is -2.29. The number of hydrogen-bond donors (Lipinski definition) is 1. The van der Waals surface area contributed by atoms with Gasteiger partial charge in [-0.05, 0) is 11.6 Å². The molecule has 1 rings (SSSR count). The van der Waals surface area contributed by atoms with Crippen molar-refractivity contribution in [3.8, 4) is 0 Å². The molecular weight excluding hydrogens is 258 g/mol. The van der Waals surface area contributed by atoms with E-state index in [9.17, 15) is 8.42 Å². The largest absolute Gasteiger partial charge is 0.314 e. The van der Waals surface area contributed by atoms with Crippen LogP contribution in [0.5, 0.6) is 0 Å². The highest BCUT2D eigenvalue weighted by atomic mass is 35.5. The lowest BCUT2D eigenvalue weighted by atomic mass is 10.2. The van der Waals surface area contributed by atoms with Crippen LogP contribution < -0.4 is 5.32 Å². The summed E-state index contributed by atoms with van der Waals surface area (Å²) in [7, 11) is -3.10. The third-order valence-corrected chi connectivity index (χ3v) is 4.24. The van der Waals surface area contributed by atoms with Crippen LogP contribution in [0, 0.1) is 0 Å². The van der Waals surface area contributed by atoms with Crippen molar-refractivity contribution in [2.45, 2.75) is 25.6 Å². The molecule has 0 bridgehead atoms. The van der Waals surface area contributed by atoms with Crippen molar-refractivity contribution in [1.82, 2.24) is 5.32 Å². The summed E-state index contributed by atoms with van der Waals surface area (Å²) in [6.07, 6.45) is 0. The molecule has 0 aliphatic rings. The fourth-order valence-corrected chi connectivity index (χ4v) is 3.01. The molecule has 1 N–H and O–H groups in total. The van der Waals surface area contributed by atoms with E-state index in [-0.39, 0.29) is 11.5 Å². The molecule has 0 amide bonds. The van der Waals surface area contributed by atoms with Crippen LogP contribution in [0.3, 0.4) is 0 Å². The zero-order valence-corrected chi connectivity index (χ0v) is 11.7. The van der Waals surface area contributed by atoms with E-state index in [1.165, 1.54) is 0 Å². The fourth-order valence-electron chi connectivity index (χ4n) is 1.43. The molecule has 0 fully saturated rings. The van der Waals surface area contributed by atoms with Crippen molar-refractivity contribution in [2.75, 3.05) is 12.3 Å². The molecule has 17 heavy (non-hydrogen) atoms. The molecule has 1 aromatic carbocycles. The van der Waals surface area contributed by atoms with Crippen molar-refractivity contribution in [1.29, 1.82) is 0 Å². The van der Waals surface area contributed by atoms with Crippen LogP contribution in [-0.2, 0) is 15.6 Å². The Morgan fingerprint density at radius 1 is 1.29 bits per heavy atom. The summed E-state index contributed by atoms with van der Waals surface area (Å²) in [6.45, 7) is 4.45. The first-order valence-electron chi connectivity index (χ1n) is 5.58. The van der Waals surface area contributed by atoms with Gasteiger partial charge in [0.05, 0.1) is 11.5 Å². The Hall–Kier alpha value is -0.580. The zero-order valence-electron chi connectivity index (χ0n) is 10.1. The molecule has 0 saturated carbocycles. The first-order valence-corrected chi connectivity index (χ1v) is 7.78. The minimum absolute atomic E-state index is 0.00640. The Bertz CT molecular complexity index is 457. The summed E-state index contributed by atoms with van der Waals surface area (Å²) in [5, 5.41) is 3.60. The first kappa shape index (κ1) is 14.5. The van der Waals surface area contributed by atoms with Crippen LogP contribution in [0.2, 0.25) is 5.02 Å². The second-order valence-corrected chi connectivity index (χ2v) is 6.88. The second kappa shape index (κ2) is 6.38.